The second-order valence-electron chi connectivity index (χ2n) is 4.92. The second-order valence-corrected chi connectivity index (χ2v) is 4.92. The highest BCUT2D eigenvalue weighted by atomic mass is 19.1. The van der Waals surface area contributed by atoms with Crippen molar-refractivity contribution in [3.63, 3.8) is 0 Å². The van der Waals surface area contributed by atoms with Gasteiger partial charge < -0.3 is 10.6 Å². The summed E-state index contributed by atoms with van der Waals surface area (Å²) in [7, 11) is 1.84. The van der Waals surface area contributed by atoms with Crippen LogP contribution in [0.2, 0.25) is 0 Å². The third kappa shape index (κ3) is 3.15. The molecule has 0 fully saturated rings. The molecule has 2 aromatic carbocycles. The number of nitrogen functional groups attached to an aromatic ring is 1. The van der Waals surface area contributed by atoms with Gasteiger partial charge in [-0.3, -0.25) is 5.41 Å². The van der Waals surface area contributed by atoms with E-state index in [9.17, 15) is 4.39 Å². The third-order valence-electron chi connectivity index (χ3n) is 3.21. The molecule has 0 saturated carbocycles. The minimum Gasteiger partial charge on any atom is -0.384 e. The highest BCUT2D eigenvalue weighted by Crippen LogP contribution is 2.21. The zero-order chi connectivity index (χ0) is 14.7. The fourth-order valence-corrected chi connectivity index (χ4v) is 2.04. The van der Waals surface area contributed by atoms with Crippen molar-refractivity contribution >= 4 is 11.5 Å². The average Bonchev–Trinajstić information content (AvgIpc) is 2.41. The summed E-state index contributed by atoms with van der Waals surface area (Å²) in [6.07, 6.45) is 0. The summed E-state index contributed by atoms with van der Waals surface area (Å²) in [6.45, 7) is 2.66. The molecule has 0 aromatic heterocycles. The number of anilines is 1. The zero-order valence-electron chi connectivity index (χ0n) is 11.7. The van der Waals surface area contributed by atoms with Crippen LogP contribution in [0.3, 0.4) is 0 Å². The molecule has 2 rings (SSSR count). The number of aryl methyl sites for hydroxylation is 1. The van der Waals surface area contributed by atoms with Crippen LogP contribution in [-0.2, 0) is 6.54 Å². The van der Waals surface area contributed by atoms with Gasteiger partial charge in [0.05, 0.1) is 5.69 Å². The van der Waals surface area contributed by atoms with E-state index in [1.807, 2.05) is 43.1 Å². The Kier molecular flexibility index (Phi) is 4.03. The van der Waals surface area contributed by atoms with E-state index in [1.165, 1.54) is 11.6 Å². The lowest BCUT2D eigenvalue weighted by atomic mass is 10.1. The molecule has 0 aliphatic carbocycles. The predicted octanol–water partition coefficient (Wildman–Crippen LogP) is 3.05. The number of rotatable bonds is 4. The average molecular weight is 271 g/mol. The van der Waals surface area contributed by atoms with Crippen LogP contribution in [0.5, 0.6) is 0 Å². The minimum absolute atomic E-state index is 0.128. The lowest BCUT2D eigenvalue weighted by Crippen LogP contribution is -2.18. The molecule has 0 unspecified atom stereocenters. The molecule has 0 saturated heterocycles. The number of hydrogen-bond donors (Lipinski definition) is 2. The van der Waals surface area contributed by atoms with E-state index < -0.39 is 0 Å². The Labute approximate surface area is 118 Å². The van der Waals surface area contributed by atoms with Crippen LogP contribution >= 0.6 is 0 Å². The minimum atomic E-state index is -0.368. The van der Waals surface area contributed by atoms with Crippen molar-refractivity contribution in [1.29, 1.82) is 5.41 Å². The third-order valence-corrected chi connectivity index (χ3v) is 3.21. The van der Waals surface area contributed by atoms with Crippen LogP contribution in [0, 0.1) is 18.2 Å². The maximum absolute atomic E-state index is 14.0. The first kappa shape index (κ1) is 14.1. The monoisotopic (exact) mass is 271 g/mol. The molecule has 0 aliphatic heterocycles. The lowest BCUT2D eigenvalue weighted by Gasteiger charge is -2.20. The van der Waals surface area contributed by atoms with Gasteiger partial charge in [0.2, 0.25) is 0 Å². The van der Waals surface area contributed by atoms with Crippen molar-refractivity contribution in [2.75, 3.05) is 11.9 Å². The van der Waals surface area contributed by atoms with Crippen molar-refractivity contribution in [3.8, 4) is 0 Å². The normalized spacial score (nSPS) is 10.3. The number of benzene rings is 2. The van der Waals surface area contributed by atoms with E-state index in [4.69, 9.17) is 11.1 Å². The zero-order valence-corrected chi connectivity index (χ0v) is 11.7. The van der Waals surface area contributed by atoms with E-state index in [2.05, 4.69) is 0 Å². The number of amidine groups is 1. The van der Waals surface area contributed by atoms with Crippen molar-refractivity contribution < 1.29 is 4.39 Å². The molecule has 0 heterocycles. The Balaban J connectivity index is 2.18. The topological polar surface area (TPSA) is 53.1 Å². The fourth-order valence-electron chi connectivity index (χ4n) is 2.04. The van der Waals surface area contributed by atoms with Gasteiger partial charge >= 0.3 is 0 Å². The number of hydrogen-bond acceptors (Lipinski definition) is 2. The lowest BCUT2D eigenvalue weighted by molar-refractivity contribution is 0.622. The number of nitrogens with zero attached hydrogens (tertiary/aromatic N) is 1. The van der Waals surface area contributed by atoms with Crippen LogP contribution in [0.25, 0.3) is 0 Å². The summed E-state index contributed by atoms with van der Waals surface area (Å²) in [5, 5.41) is 7.31. The summed E-state index contributed by atoms with van der Waals surface area (Å²) in [4.78, 5) is 1.84. The summed E-state index contributed by atoms with van der Waals surface area (Å²) < 4.78 is 14.0. The van der Waals surface area contributed by atoms with Gasteiger partial charge in [0.15, 0.2) is 0 Å². The van der Waals surface area contributed by atoms with Crippen molar-refractivity contribution in [1.82, 2.24) is 0 Å². The van der Waals surface area contributed by atoms with E-state index >= 15 is 0 Å². The Hall–Kier alpha value is -2.36. The van der Waals surface area contributed by atoms with E-state index in [-0.39, 0.29) is 11.7 Å². The van der Waals surface area contributed by atoms with Crippen LogP contribution in [-0.4, -0.2) is 12.9 Å². The molecule has 0 atom stereocenters. The Bertz CT molecular complexity index is 620. The fraction of sp³-hybridized carbons (Fsp3) is 0.188. The van der Waals surface area contributed by atoms with Gasteiger partial charge in [-0.15, -0.1) is 0 Å². The van der Waals surface area contributed by atoms with Gasteiger partial charge in [-0.1, -0.05) is 29.8 Å². The van der Waals surface area contributed by atoms with E-state index in [0.717, 1.165) is 5.56 Å². The number of nitrogens with two attached hydrogens (primary N) is 1. The highest BCUT2D eigenvalue weighted by Gasteiger charge is 2.10. The van der Waals surface area contributed by atoms with Crippen LogP contribution in [0.15, 0.2) is 42.5 Å². The van der Waals surface area contributed by atoms with Crippen LogP contribution < -0.4 is 10.6 Å². The van der Waals surface area contributed by atoms with E-state index in [1.54, 1.807) is 12.1 Å². The molecule has 3 N–H and O–H groups in total. The molecular weight excluding hydrogens is 253 g/mol. The molecule has 0 radical (unpaired) electrons. The predicted molar refractivity (Wildman–Crippen MR) is 80.7 cm³/mol. The maximum atomic E-state index is 14.0. The van der Waals surface area contributed by atoms with Crippen LogP contribution in [0.1, 0.15) is 16.7 Å². The van der Waals surface area contributed by atoms with Crippen molar-refractivity contribution in [3.05, 3.63) is 65.0 Å². The number of halogens is 1. The second kappa shape index (κ2) is 5.74. The molecule has 20 heavy (non-hydrogen) atoms. The van der Waals surface area contributed by atoms with Crippen molar-refractivity contribution in [2.45, 2.75) is 13.5 Å². The maximum Gasteiger partial charge on any atom is 0.147 e. The quantitative estimate of drug-likeness (QED) is 0.663. The SMILES string of the molecule is Cc1ccc(CN(C)c2ccc(C(=N)N)cc2F)cc1. The molecule has 2 aromatic rings. The molecule has 0 amide bonds. The molecule has 0 spiro atoms. The first-order valence-electron chi connectivity index (χ1n) is 6.38. The largest absolute Gasteiger partial charge is 0.384 e. The number of nitrogens with one attached hydrogen (secondary N) is 1. The smallest absolute Gasteiger partial charge is 0.147 e. The Morgan fingerprint density at radius 1 is 1.20 bits per heavy atom. The van der Waals surface area contributed by atoms with Crippen LogP contribution in [0.4, 0.5) is 10.1 Å². The van der Waals surface area contributed by atoms with Crippen molar-refractivity contribution in [2.24, 2.45) is 5.73 Å². The first-order chi connectivity index (χ1) is 9.47. The van der Waals surface area contributed by atoms with Gasteiger partial charge in [-0.25, -0.2) is 4.39 Å². The summed E-state index contributed by atoms with van der Waals surface area (Å²) in [5.74, 6) is -0.496. The molecule has 3 nitrogen and oxygen atoms in total. The summed E-state index contributed by atoms with van der Waals surface area (Å²) in [5.41, 5.74) is 8.56. The molecular formula is C16H18FN3. The summed E-state index contributed by atoms with van der Waals surface area (Å²) >= 11 is 0. The standard InChI is InChI=1S/C16H18FN3/c1-11-3-5-12(6-4-11)10-20(2)15-8-7-13(16(18)19)9-14(15)17/h3-9H,10H2,1-2H3,(H3,18,19). The van der Waals surface area contributed by atoms with Gasteiger partial charge in [0.1, 0.15) is 11.7 Å². The Morgan fingerprint density at radius 3 is 2.40 bits per heavy atom. The Morgan fingerprint density at radius 2 is 1.85 bits per heavy atom. The molecule has 4 heteroatoms. The van der Waals surface area contributed by atoms with Gasteiger partial charge in [0, 0.05) is 19.2 Å². The van der Waals surface area contributed by atoms with Gasteiger partial charge in [-0.2, -0.15) is 0 Å². The van der Waals surface area contributed by atoms with E-state index in [0.29, 0.717) is 17.8 Å². The molecule has 0 bridgehead atoms. The first-order valence-corrected chi connectivity index (χ1v) is 6.38. The summed E-state index contributed by atoms with van der Waals surface area (Å²) in [6, 6.07) is 12.8. The molecule has 104 valence electrons. The van der Waals surface area contributed by atoms with Gasteiger partial charge in [-0.05, 0) is 30.7 Å². The van der Waals surface area contributed by atoms with Gasteiger partial charge in [0.25, 0.3) is 0 Å². The highest BCUT2D eigenvalue weighted by molar-refractivity contribution is 5.95. The molecule has 0 aliphatic rings.